The van der Waals surface area contributed by atoms with E-state index in [1.54, 1.807) is 0 Å². The van der Waals surface area contributed by atoms with Gasteiger partial charge in [0.2, 0.25) is 0 Å². The normalized spacial score (nSPS) is 32.6. The van der Waals surface area contributed by atoms with Crippen LogP contribution in [0, 0.1) is 11.8 Å². The summed E-state index contributed by atoms with van der Waals surface area (Å²) < 4.78 is 0. The fourth-order valence-corrected chi connectivity index (χ4v) is 3.81. The molecule has 0 aromatic carbocycles. The summed E-state index contributed by atoms with van der Waals surface area (Å²) >= 11 is 6.00. The molecule has 0 spiro atoms. The third-order valence-electron chi connectivity index (χ3n) is 4.44. The molecular formula is C14H19ClN2. The summed E-state index contributed by atoms with van der Waals surface area (Å²) in [6, 6.07) is 4.83. The minimum atomic E-state index is 0.606. The number of pyridine rings is 1. The second-order valence-electron chi connectivity index (χ2n) is 5.48. The predicted octanol–water partition coefficient (Wildman–Crippen LogP) is 3.75. The van der Waals surface area contributed by atoms with Crippen molar-refractivity contribution in [3.8, 4) is 0 Å². The zero-order valence-electron chi connectivity index (χ0n) is 10.3. The molecule has 3 heteroatoms. The van der Waals surface area contributed by atoms with Crippen LogP contribution in [0.4, 0.5) is 5.69 Å². The SMILES string of the molecule is CC1CN(c2ccnc(Cl)c2)C2CCCCC12. The number of hydrogen-bond donors (Lipinski definition) is 0. The Labute approximate surface area is 108 Å². The number of aromatic nitrogens is 1. The first kappa shape index (κ1) is 11.3. The van der Waals surface area contributed by atoms with Crippen molar-refractivity contribution < 1.29 is 0 Å². The molecule has 1 saturated heterocycles. The van der Waals surface area contributed by atoms with Gasteiger partial charge in [0, 0.05) is 24.5 Å². The van der Waals surface area contributed by atoms with Crippen LogP contribution in [0.2, 0.25) is 5.15 Å². The summed E-state index contributed by atoms with van der Waals surface area (Å²) in [4.78, 5) is 6.63. The Morgan fingerprint density at radius 1 is 1.35 bits per heavy atom. The maximum Gasteiger partial charge on any atom is 0.131 e. The van der Waals surface area contributed by atoms with E-state index in [2.05, 4.69) is 22.9 Å². The van der Waals surface area contributed by atoms with Crippen LogP contribution in [-0.4, -0.2) is 17.6 Å². The predicted molar refractivity (Wildman–Crippen MR) is 71.5 cm³/mol. The molecule has 0 bridgehead atoms. The van der Waals surface area contributed by atoms with Crippen molar-refractivity contribution in [2.75, 3.05) is 11.4 Å². The van der Waals surface area contributed by atoms with Crippen molar-refractivity contribution in [2.24, 2.45) is 11.8 Å². The number of anilines is 1. The lowest BCUT2D eigenvalue weighted by molar-refractivity contribution is 0.293. The highest BCUT2D eigenvalue weighted by molar-refractivity contribution is 6.29. The lowest BCUT2D eigenvalue weighted by Gasteiger charge is -2.33. The number of nitrogens with zero attached hydrogens (tertiary/aromatic N) is 2. The molecule has 0 amide bonds. The molecule has 1 aromatic rings. The second kappa shape index (κ2) is 4.49. The van der Waals surface area contributed by atoms with E-state index in [9.17, 15) is 0 Å². The third-order valence-corrected chi connectivity index (χ3v) is 4.65. The van der Waals surface area contributed by atoms with Crippen LogP contribution < -0.4 is 4.90 Å². The van der Waals surface area contributed by atoms with Crippen LogP contribution in [0.5, 0.6) is 0 Å². The number of halogens is 1. The summed E-state index contributed by atoms with van der Waals surface area (Å²) in [5, 5.41) is 0.606. The largest absolute Gasteiger partial charge is 0.368 e. The molecule has 2 nitrogen and oxygen atoms in total. The third kappa shape index (κ3) is 2.03. The van der Waals surface area contributed by atoms with Crippen molar-refractivity contribution in [3.05, 3.63) is 23.5 Å². The van der Waals surface area contributed by atoms with Crippen molar-refractivity contribution in [3.63, 3.8) is 0 Å². The first-order chi connectivity index (χ1) is 8.25. The fourth-order valence-electron chi connectivity index (χ4n) is 3.64. The molecule has 2 heterocycles. The Balaban J connectivity index is 1.88. The van der Waals surface area contributed by atoms with Crippen molar-refractivity contribution >= 4 is 17.3 Å². The molecule has 2 fully saturated rings. The van der Waals surface area contributed by atoms with Gasteiger partial charge < -0.3 is 4.90 Å². The molecule has 1 saturated carbocycles. The van der Waals surface area contributed by atoms with Gasteiger partial charge in [-0.25, -0.2) is 4.98 Å². The molecule has 3 unspecified atom stereocenters. The van der Waals surface area contributed by atoms with Gasteiger partial charge in [-0.15, -0.1) is 0 Å². The maximum absolute atomic E-state index is 6.00. The van der Waals surface area contributed by atoms with Crippen LogP contribution in [0.1, 0.15) is 32.6 Å². The highest BCUT2D eigenvalue weighted by Crippen LogP contribution is 2.41. The van der Waals surface area contributed by atoms with Gasteiger partial charge in [-0.2, -0.15) is 0 Å². The second-order valence-corrected chi connectivity index (χ2v) is 5.87. The van der Waals surface area contributed by atoms with E-state index in [1.165, 1.54) is 37.9 Å². The standard InChI is InChI=1S/C14H19ClN2/c1-10-9-17(11-6-7-16-14(15)8-11)13-5-3-2-4-12(10)13/h6-8,10,12-13H,2-5,9H2,1H3. The minimum absolute atomic E-state index is 0.606. The smallest absolute Gasteiger partial charge is 0.131 e. The van der Waals surface area contributed by atoms with Gasteiger partial charge in [-0.3, -0.25) is 0 Å². The van der Waals surface area contributed by atoms with Crippen molar-refractivity contribution in [1.82, 2.24) is 4.98 Å². The summed E-state index contributed by atoms with van der Waals surface area (Å²) in [7, 11) is 0. The van der Waals surface area contributed by atoms with Gasteiger partial charge in [0.1, 0.15) is 5.15 Å². The van der Waals surface area contributed by atoms with E-state index in [1.807, 2.05) is 12.3 Å². The average Bonchev–Trinajstić information content (AvgIpc) is 2.68. The van der Waals surface area contributed by atoms with Gasteiger partial charge in [0.15, 0.2) is 0 Å². The highest BCUT2D eigenvalue weighted by Gasteiger charge is 2.40. The summed E-state index contributed by atoms with van der Waals surface area (Å²) in [5.74, 6) is 1.70. The van der Waals surface area contributed by atoms with Gasteiger partial charge in [0.05, 0.1) is 0 Å². The Hall–Kier alpha value is -0.760. The fraction of sp³-hybridized carbons (Fsp3) is 0.643. The number of fused-ring (bicyclic) bond motifs is 1. The Bertz CT molecular complexity index is 407. The lowest BCUT2D eigenvalue weighted by atomic mass is 9.80. The molecule has 1 aromatic heterocycles. The molecule has 3 rings (SSSR count). The van der Waals surface area contributed by atoms with Crippen molar-refractivity contribution in [1.29, 1.82) is 0 Å². The van der Waals surface area contributed by atoms with E-state index < -0.39 is 0 Å². The van der Waals surface area contributed by atoms with Gasteiger partial charge in [0.25, 0.3) is 0 Å². The number of hydrogen-bond acceptors (Lipinski definition) is 2. The van der Waals surface area contributed by atoms with Crippen LogP contribution in [-0.2, 0) is 0 Å². The zero-order chi connectivity index (χ0) is 11.8. The topological polar surface area (TPSA) is 16.1 Å². The monoisotopic (exact) mass is 250 g/mol. The Morgan fingerprint density at radius 2 is 2.18 bits per heavy atom. The summed E-state index contributed by atoms with van der Waals surface area (Å²) in [5.41, 5.74) is 1.26. The average molecular weight is 251 g/mol. The maximum atomic E-state index is 6.00. The van der Waals surface area contributed by atoms with Crippen LogP contribution >= 0.6 is 11.6 Å². The Morgan fingerprint density at radius 3 is 3.00 bits per heavy atom. The van der Waals surface area contributed by atoms with Gasteiger partial charge >= 0.3 is 0 Å². The van der Waals surface area contributed by atoms with Gasteiger partial charge in [-0.1, -0.05) is 31.4 Å². The first-order valence-corrected chi connectivity index (χ1v) is 7.01. The molecule has 2 aliphatic rings. The zero-order valence-corrected chi connectivity index (χ0v) is 11.0. The van der Waals surface area contributed by atoms with Crippen LogP contribution in [0.15, 0.2) is 18.3 Å². The molecule has 1 aliphatic carbocycles. The molecule has 0 radical (unpaired) electrons. The minimum Gasteiger partial charge on any atom is -0.368 e. The van der Waals surface area contributed by atoms with E-state index in [0.717, 1.165) is 17.9 Å². The van der Waals surface area contributed by atoms with E-state index >= 15 is 0 Å². The molecule has 0 N–H and O–H groups in total. The Kier molecular flexibility index (Phi) is 2.99. The van der Waals surface area contributed by atoms with E-state index in [4.69, 9.17) is 11.6 Å². The quantitative estimate of drug-likeness (QED) is 0.706. The molecule has 92 valence electrons. The molecule has 17 heavy (non-hydrogen) atoms. The highest BCUT2D eigenvalue weighted by atomic mass is 35.5. The first-order valence-electron chi connectivity index (χ1n) is 6.64. The van der Waals surface area contributed by atoms with Gasteiger partial charge in [-0.05, 0) is 36.8 Å². The lowest BCUT2D eigenvalue weighted by Crippen LogP contribution is -2.34. The molecular weight excluding hydrogens is 232 g/mol. The van der Waals surface area contributed by atoms with E-state index in [-0.39, 0.29) is 0 Å². The van der Waals surface area contributed by atoms with Crippen LogP contribution in [0.3, 0.4) is 0 Å². The van der Waals surface area contributed by atoms with Crippen molar-refractivity contribution in [2.45, 2.75) is 38.6 Å². The molecule has 3 atom stereocenters. The molecule has 1 aliphatic heterocycles. The number of rotatable bonds is 1. The van der Waals surface area contributed by atoms with Crippen LogP contribution in [0.25, 0.3) is 0 Å². The van der Waals surface area contributed by atoms with E-state index in [0.29, 0.717) is 5.15 Å². The summed E-state index contributed by atoms with van der Waals surface area (Å²) in [6.07, 6.45) is 7.36. The summed E-state index contributed by atoms with van der Waals surface area (Å²) in [6.45, 7) is 3.57.